The van der Waals surface area contributed by atoms with Gasteiger partial charge in [-0.1, -0.05) is 376 Å². The molecule has 2 unspecified atom stereocenters. The fraction of sp³-hybridized carbons (Fsp3) is 0.951. The van der Waals surface area contributed by atoms with E-state index in [1.165, 1.54) is 231 Å². The summed E-state index contributed by atoms with van der Waals surface area (Å²) < 4.78 is 68.7. The van der Waals surface area contributed by atoms with E-state index < -0.39 is 97.5 Å². The molecule has 5 atom stereocenters. The Labute approximate surface area is 619 Å². The van der Waals surface area contributed by atoms with Gasteiger partial charge in [0.15, 0.2) is 12.2 Å². The van der Waals surface area contributed by atoms with Crippen LogP contribution in [0.15, 0.2) is 0 Å². The lowest BCUT2D eigenvalue weighted by Crippen LogP contribution is -2.30. The van der Waals surface area contributed by atoms with Gasteiger partial charge in [0.25, 0.3) is 0 Å². The van der Waals surface area contributed by atoms with Gasteiger partial charge in [0.05, 0.1) is 26.4 Å². The lowest BCUT2D eigenvalue weighted by Gasteiger charge is -2.21. The summed E-state index contributed by atoms with van der Waals surface area (Å²) in [7, 11) is -9.92. The number of aliphatic hydroxyl groups is 1. The molecule has 3 N–H and O–H groups in total. The quantitative estimate of drug-likeness (QED) is 0.0222. The second kappa shape index (κ2) is 72.3. The third kappa shape index (κ3) is 76.1. The van der Waals surface area contributed by atoms with Gasteiger partial charge in [0.2, 0.25) is 0 Å². The Balaban J connectivity index is 5.21. The Morgan fingerprint density at radius 2 is 0.455 bits per heavy atom. The van der Waals surface area contributed by atoms with Gasteiger partial charge in [0.1, 0.15) is 19.3 Å². The average molecular weight is 1480 g/mol. The molecule has 101 heavy (non-hydrogen) atoms. The Bertz CT molecular complexity index is 1960. The van der Waals surface area contributed by atoms with Gasteiger partial charge >= 0.3 is 39.5 Å². The van der Waals surface area contributed by atoms with E-state index in [-0.39, 0.29) is 25.7 Å². The van der Waals surface area contributed by atoms with Crippen molar-refractivity contribution in [2.75, 3.05) is 39.6 Å². The minimum Gasteiger partial charge on any atom is -0.462 e. The van der Waals surface area contributed by atoms with Crippen molar-refractivity contribution in [2.24, 2.45) is 17.8 Å². The zero-order valence-electron chi connectivity index (χ0n) is 66.4. The van der Waals surface area contributed by atoms with Crippen molar-refractivity contribution in [3.63, 3.8) is 0 Å². The maximum absolute atomic E-state index is 13.1. The number of phosphoric acid groups is 2. The molecule has 0 aliphatic carbocycles. The largest absolute Gasteiger partial charge is 0.472 e. The van der Waals surface area contributed by atoms with E-state index in [1.54, 1.807) is 0 Å². The lowest BCUT2D eigenvalue weighted by molar-refractivity contribution is -0.161. The van der Waals surface area contributed by atoms with Crippen LogP contribution in [0.4, 0.5) is 0 Å². The van der Waals surface area contributed by atoms with Crippen LogP contribution < -0.4 is 0 Å². The maximum Gasteiger partial charge on any atom is 0.472 e. The Hall–Kier alpha value is -1.94. The molecule has 0 heterocycles. The minimum atomic E-state index is -4.96. The lowest BCUT2D eigenvalue weighted by atomic mass is 10.0. The van der Waals surface area contributed by atoms with Crippen LogP contribution in [0.3, 0.4) is 0 Å². The number of aliphatic hydroxyl groups excluding tert-OH is 1. The number of phosphoric ester groups is 2. The first-order valence-corrected chi connectivity index (χ1v) is 45.3. The SMILES string of the molecule is CCCCCCCCCCCCCCCCC(=O)O[C@H](COC(=O)CCCCCCCCC(C)C)COP(=O)(O)OC[C@H](O)COP(=O)(O)OC[C@@H](COC(=O)CCCCCCCCCCCCCCCCC(C)C)OC(=O)CCCCCCCCCCCCCCCCCCCCC(C)C. The predicted molar refractivity (Wildman–Crippen MR) is 414 cm³/mol. The van der Waals surface area contributed by atoms with Crippen LogP contribution in [0.2, 0.25) is 0 Å². The molecule has 600 valence electrons. The average Bonchev–Trinajstić information content (AvgIpc) is 0.929. The molecular formula is C82H160O17P2. The number of carbonyl (C=O) groups is 4. The highest BCUT2D eigenvalue weighted by Gasteiger charge is 2.30. The molecule has 0 bridgehead atoms. The summed E-state index contributed by atoms with van der Waals surface area (Å²) in [6.45, 7) is 11.9. The molecule has 19 heteroatoms. The first-order chi connectivity index (χ1) is 48.7. The molecule has 0 aliphatic heterocycles. The van der Waals surface area contributed by atoms with E-state index in [0.717, 1.165) is 108 Å². The summed E-state index contributed by atoms with van der Waals surface area (Å²) >= 11 is 0. The Kier molecular flexibility index (Phi) is 70.9. The first kappa shape index (κ1) is 99.1. The van der Waals surface area contributed by atoms with E-state index in [2.05, 4.69) is 48.5 Å². The third-order valence-electron chi connectivity index (χ3n) is 19.1. The molecule has 0 radical (unpaired) electrons. The minimum absolute atomic E-state index is 0.107. The Morgan fingerprint density at radius 1 is 0.267 bits per heavy atom. The van der Waals surface area contributed by atoms with Crippen LogP contribution in [-0.2, 0) is 65.4 Å². The number of hydrogen-bond acceptors (Lipinski definition) is 15. The second-order valence-corrected chi connectivity index (χ2v) is 33.8. The van der Waals surface area contributed by atoms with Gasteiger partial charge in [-0.15, -0.1) is 0 Å². The maximum atomic E-state index is 13.1. The number of hydrogen-bond donors (Lipinski definition) is 3. The predicted octanol–water partition coefficient (Wildman–Crippen LogP) is 24.5. The second-order valence-electron chi connectivity index (χ2n) is 30.9. The van der Waals surface area contributed by atoms with E-state index in [1.807, 2.05) is 0 Å². The van der Waals surface area contributed by atoms with Gasteiger partial charge in [-0.2, -0.15) is 0 Å². The molecule has 0 rings (SSSR count). The van der Waals surface area contributed by atoms with Crippen molar-refractivity contribution in [3.05, 3.63) is 0 Å². The molecule has 0 aromatic carbocycles. The molecular weight excluding hydrogens is 1320 g/mol. The fourth-order valence-corrected chi connectivity index (χ4v) is 14.2. The molecule has 0 aromatic heterocycles. The van der Waals surface area contributed by atoms with E-state index in [4.69, 9.17) is 37.0 Å². The van der Waals surface area contributed by atoms with Crippen LogP contribution >= 0.6 is 15.6 Å². The Morgan fingerprint density at radius 3 is 0.673 bits per heavy atom. The number of unbranched alkanes of at least 4 members (excludes halogenated alkanes) is 48. The highest BCUT2D eigenvalue weighted by Crippen LogP contribution is 2.45. The normalized spacial score (nSPS) is 14.0. The van der Waals surface area contributed by atoms with Crippen molar-refractivity contribution < 1.29 is 80.2 Å². The fourth-order valence-electron chi connectivity index (χ4n) is 12.7. The molecule has 0 amide bonds. The van der Waals surface area contributed by atoms with Crippen LogP contribution in [0.1, 0.15) is 427 Å². The van der Waals surface area contributed by atoms with Crippen LogP contribution in [0.5, 0.6) is 0 Å². The molecule has 0 fully saturated rings. The zero-order valence-corrected chi connectivity index (χ0v) is 68.2. The van der Waals surface area contributed by atoms with Gasteiger partial charge in [0, 0.05) is 25.7 Å². The number of esters is 4. The highest BCUT2D eigenvalue weighted by atomic mass is 31.2. The van der Waals surface area contributed by atoms with Crippen LogP contribution in [0.25, 0.3) is 0 Å². The smallest absolute Gasteiger partial charge is 0.462 e. The molecule has 0 aliphatic rings. The molecule has 0 spiro atoms. The molecule has 0 saturated carbocycles. The first-order valence-electron chi connectivity index (χ1n) is 42.3. The summed E-state index contributed by atoms with van der Waals surface area (Å²) in [6, 6.07) is 0. The van der Waals surface area contributed by atoms with Crippen molar-refractivity contribution in [1.29, 1.82) is 0 Å². The number of rotatable bonds is 80. The summed E-state index contributed by atoms with van der Waals surface area (Å²) in [6.07, 6.45) is 61.2. The van der Waals surface area contributed by atoms with E-state index in [0.29, 0.717) is 31.6 Å². The van der Waals surface area contributed by atoms with Gasteiger partial charge in [-0.3, -0.25) is 37.3 Å². The van der Waals surface area contributed by atoms with Gasteiger partial charge < -0.3 is 33.8 Å². The highest BCUT2D eigenvalue weighted by molar-refractivity contribution is 7.47. The summed E-state index contributed by atoms with van der Waals surface area (Å²) in [5.74, 6) is 0.188. The molecule has 0 aromatic rings. The molecule has 17 nitrogen and oxygen atoms in total. The van der Waals surface area contributed by atoms with Crippen LogP contribution in [-0.4, -0.2) is 96.7 Å². The van der Waals surface area contributed by atoms with Gasteiger partial charge in [-0.05, 0) is 43.4 Å². The van der Waals surface area contributed by atoms with Crippen molar-refractivity contribution >= 4 is 39.5 Å². The standard InChI is InChI=1S/C82H160O17P2/c1-8-9-10-11-12-13-14-15-26-32-37-42-51-58-65-82(87)99-78(70-93-80(85)64-57-50-45-44-48-55-62-75(6)7)72-97-101(90,91)95-68-76(83)67-94-100(88,89)96-71-77(69-92-79(84)63-56-49-41-36-31-27-23-22-25-30-35-40-47-54-61-74(4)5)98-81(86)66-59-52-43-38-33-28-21-19-17-16-18-20-24-29-34-39-46-53-60-73(2)3/h73-78,83H,8-72H2,1-7H3,(H,88,89)(H,90,91)/t76-,77-,78-/m1/s1. The zero-order chi connectivity index (χ0) is 74.4. The summed E-state index contributed by atoms with van der Waals surface area (Å²) in [4.78, 5) is 73.0. The summed E-state index contributed by atoms with van der Waals surface area (Å²) in [5, 5.41) is 10.6. The van der Waals surface area contributed by atoms with E-state index >= 15 is 0 Å². The monoisotopic (exact) mass is 1480 g/mol. The van der Waals surface area contributed by atoms with Gasteiger partial charge in [-0.25, -0.2) is 9.13 Å². The topological polar surface area (TPSA) is 237 Å². The number of carbonyl (C=O) groups excluding carboxylic acids is 4. The molecule has 0 saturated heterocycles. The summed E-state index contributed by atoms with van der Waals surface area (Å²) in [5.41, 5.74) is 0. The van der Waals surface area contributed by atoms with E-state index in [9.17, 15) is 43.2 Å². The van der Waals surface area contributed by atoms with Crippen molar-refractivity contribution in [1.82, 2.24) is 0 Å². The van der Waals surface area contributed by atoms with Crippen LogP contribution in [0, 0.1) is 17.8 Å². The van der Waals surface area contributed by atoms with Crippen molar-refractivity contribution in [3.8, 4) is 0 Å². The van der Waals surface area contributed by atoms with Crippen molar-refractivity contribution in [2.45, 2.75) is 446 Å². The third-order valence-corrected chi connectivity index (χ3v) is 21.0. The number of ether oxygens (including phenoxy) is 4.